The second-order valence-electron chi connectivity index (χ2n) is 7.46. The van der Waals surface area contributed by atoms with Crippen LogP contribution in [0.15, 0.2) is 35.3 Å². The van der Waals surface area contributed by atoms with Crippen molar-refractivity contribution in [2.24, 2.45) is 0 Å². The molecule has 0 bridgehead atoms. The second kappa shape index (κ2) is 9.19. The van der Waals surface area contributed by atoms with Crippen LogP contribution in [0.4, 0.5) is 5.82 Å². The van der Waals surface area contributed by atoms with E-state index in [4.69, 9.17) is 4.74 Å². The van der Waals surface area contributed by atoms with Crippen LogP contribution >= 0.6 is 0 Å². The highest BCUT2D eigenvalue weighted by molar-refractivity contribution is 6.01. The maximum absolute atomic E-state index is 12.9. The van der Waals surface area contributed by atoms with Gasteiger partial charge in [0.1, 0.15) is 24.0 Å². The minimum absolute atomic E-state index is 0.208. The Morgan fingerprint density at radius 2 is 2.13 bits per heavy atom. The number of aromatic amines is 1. The summed E-state index contributed by atoms with van der Waals surface area (Å²) in [6.07, 6.45) is 2.59. The first-order valence-electron chi connectivity index (χ1n) is 10.5. The first kappa shape index (κ1) is 20.2. The van der Waals surface area contributed by atoms with Gasteiger partial charge in [-0.15, -0.1) is 0 Å². The molecule has 9 nitrogen and oxygen atoms in total. The number of carbonyl (C=O) groups is 1. The number of amides is 1. The number of rotatable bonds is 7. The normalized spacial score (nSPS) is 14.8. The number of hydrogen-bond acceptors (Lipinski definition) is 5. The van der Waals surface area contributed by atoms with Crippen molar-refractivity contribution in [2.45, 2.75) is 13.3 Å². The molecule has 0 aliphatic carbocycles. The van der Waals surface area contributed by atoms with Crippen molar-refractivity contribution in [3.05, 3.63) is 46.4 Å². The number of hydrogen-bond donors (Lipinski definition) is 3. The fraction of sp³-hybridized carbons (Fsp3) is 0.429. The van der Waals surface area contributed by atoms with Gasteiger partial charge in [0.25, 0.3) is 11.6 Å². The lowest BCUT2D eigenvalue weighted by Crippen LogP contribution is -3.14. The Morgan fingerprint density at radius 3 is 2.93 bits per heavy atom. The largest absolute Gasteiger partial charge is 0.370 e. The summed E-state index contributed by atoms with van der Waals surface area (Å²) in [6, 6.07) is 7.09. The molecule has 4 heterocycles. The van der Waals surface area contributed by atoms with Crippen LogP contribution in [0.25, 0.3) is 16.7 Å². The van der Waals surface area contributed by atoms with Crippen LogP contribution < -0.4 is 26.1 Å². The number of aromatic nitrogens is 3. The Labute approximate surface area is 174 Å². The van der Waals surface area contributed by atoms with Crippen LogP contribution in [0, 0.1) is 0 Å². The van der Waals surface area contributed by atoms with Gasteiger partial charge in [-0.2, -0.15) is 4.40 Å². The number of carbonyl (C=O) groups excluding carboxylic acids is 1. The van der Waals surface area contributed by atoms with Gasteiger partial charge in [0, 0.05) is 12.6 Å². The molecule has 1 saturated heterocycles. The van der Waals surface area contributed by atoms with Crippen molar-refractivity contribution < 1.29 is 19.4 Å². The Bertz CT molecular complexity index is 1110. The average molecular weight is 412 g/mol. The zero-order valence-corrected chi connectivity index (χ0v) is 17.2. The van der Waals surface area contributed by atoms with E-state index in [2.05, 4.69) is 20.6 Å². The molecule has 1 aliphatic heterocycles. The minimum atomic E-state index is -0.228. The molecule has 1 aliphatic rings. The third kappa shape index (κ3) is 4.27. The molecule has 0 aromatic carbocycles. The van der Waals surface area contributed by atoms with Gasteiger partial charge in [-0.05, 0) is 18.6 Å². The number of nitrogens with one attached hydrogen (secondary N) is 4. The number of fused-ring (bicyclic) bond motifs is 2. The standard InChI is InChI=1S/C21H26N6O3/c1-2-6-22-18-15(20(28)23-7-9-26-10-12-30-13-11-26)14-16-19(25-18)24-17-5-3-4-8-27(17)21(16)29/h3-5,8,14H,2,6-7,9-13H2,1H3,(H,22,25)(H,23,28)/p+2. The van der Waals surface area contributed by atoms with Crippen LogP contribution in [-0.4, -0.2) is 61.2 Å². The monoisotopic (exact) mass is 412 g/mol. The molecule has 0 atom stereocenters. The van der Waals surface area contributed by atoms with Crippen molar-refractivity contribution in [1.29, 1.82) is 0 Å². The van der Waals surface area contributed by atoms with Crippen molar-refractivity contribution in [3.8, 4) is 0 Å². The van der Waals surface area contributed by atoms with Crippen LogP contribution in [0.5, 0.6) is 0 Å². The Hall–Kier alpha value is -3.04. The molecule has 158 valence electrons. The van der Waals surface area contributed by atoms with Crippen LogP contribution in [0.3, 0.4) is 0 Å². The fourth-order valence-corrected chi connectivity index (χ4v) is 3.65. The van der Waals surface area contributed by atoms with Crippen molar-refractivity contribution in [3.63, 3.8) is 0 Å². The minimum Gasteiger partial charge on any atom is -0.370 e. The molecule has 0 radical (unpaired) electrons. The molecular formula is C21H28N6O3+2. The van der Waals surface area contributed by atoms with Gasteiger partial charge in [-0.25, -0.2) is 9.78 Å². The Balaban J connectivity index is 1.63. The summed E-state index contributed by atoms with van der Waals surface area (Å²) < 4.78 is 6.89. The zero-order chi connectivity index (χ0) is 20.9. The zero-order valence-electron chi connectivity index (χ0n) is 17.2. The first-order valence-corrected chi connectivity index (χ1v) is 10.5. The van der Waals surface area contributed by atoms with E-state index in [1.807, 2.05) is 19.1 Å². The predicted molar refractivity (Wildman–Crippen MR) is 113 cm³/mol. The molecule has 1 fully saturated rings. The quantitative estimate of drug-likeness (QED) is 0.438. The molecule has 1 amide bonds. The van der Waals surface area contributed by atoms with Gasteiger partial charge >= 0.3 is 5.56 Å². The molecule has 9 heteroatoms. The molecule has 0 unspecified atom stereocenters. The number of anilines is 1. The summed E-state index contributed by atoms with van der Waals surface area (Å²) in [6.45, 7) is 7.56. The summed E-state index contributed by atoms with van der Waals surface area (Å²) in [5.41, 5.74) is 1.28. The molecule has 30 heavy (non-hydrogen) atoms. The van der Waals surface area contributed by atoms with E-state index >= 15 is 0 Å². The second-order valence-corrected chi connectivity index (χ2v) is 7.46. The third-order valence-corrected chi connectivity index (χ3v) is 5.33. The van der Waals surface area contributed by atoms with Crippen molar-refractivity contribution in [1.82, 2.24) is 14.7 Å². The molecule has 0 saturated carbocycles. The van der Waals surface area contributed by atoms with Crippen molar-refractivity contribution in [2.75, 3.05) is 51.3 Å². The van der Waals surface area contributed by atoms with Gasteiger partial charge in [-0.1, -0.05) is 18.0 Å². The van der Waals surface area contributed by atoms with E-state index in [0.29, 0.717) is 41.2 Å². The first-order chi connectivity index (χ1) is 14.7. The molecule has 4 rings (SSSR count). The molecule has 3 aromatic rings. The summed E-state index contributed by atoms with van der Waals surface area (Å²) in [5, 5.41) is 6.58. The highest BCUT2D eigenvalue weighted by atomic mass is 16.5. The average Bonchev–Trinajstić information content (AvgIpc) is 2.78. The lowest BCUT2D eigenvalue weighted by atomic mass is 10.2. The van der Waals surface area contributed by atoms with Gasteiger partial charge in [0.05, 0.1) is 32.5 Å². The third-order valence-electron chi connectivity index (χ3n) is 5.33. The molecular weight excluding hydrogens is 384 g/mol. The number of morpholine rings is 1. The number of pyridine rings is 2. The lowest BCUT2D eigenvalue weighted by Gasteiger charge is -2.23. The Kier molecular flexibility index (Phi) is 6.20. The van der Waals surface area contributed by atoms with E-state index in [9.17, 15) is 9.59 Å². The summed E-state index contributed by atoms with van der Waals surface area (Å²) in [7, 11) is 0. The fourth-order valence-electron chi connectivity index (χ4n) is 3.65. The summed E-state index contributed by atoms with van der Waals surface area (Å²) in [5.74, 6) is 0.254. The smallest absolute Gasteiger partial charge is 0.325 e. The maximum atomic E-state index is 12.9. The number of ether oxygens (including phenoxy) is 1. The number of quaternary nitrogens is 1. The highest BCUT2D eigenvalue weighted by Crippen LogP contribution is 2.17. The van der Waals surface area contributed by atoms with Gasteiger partial charge < -0.3 is 20.3 Å². The maximum Gasteiger partial charge on any atom is 0.325 e. The number of H-pyrrole nitrogens is 1. The molecule has 3 aromatic heterocycles. The summed E-state index contributed by atoms with van der Waals surface area (Å²) >= 11 is 0. The Morgan fingerprint density at radius 1 is 1.30 bits per heavy atom. The van der Waals surface area contributed by atoms with E-state index < -0.39 is 0 Å². The highest BCUT2D eigenvalue weighted by Gasteiger charge is 2.22. The van der Waals surface area contributed by atoms with Gasteiger partial charge in [0.15, 0.2) is 0 Å². The predicted octanol–water partition coefficient (Wildman–Crippen LogP) is -0.871. The van der Waals surface area contributed by atoms with E-state index in [0.717, 1.165) is 39.3 Å². The van der Waals surface area contributed by atoms with E-state index in [1.165, 1.54) is 9.30 Å². The van der Waals surface area contributed by atoms with Crippen LogP contribution in [0.1, 0.15) is 23.7 Å². The van der Waals surface area contributed by atoms with Crippen LogP contribution in [-0.2, 0) is 4.74 Å². The lowest BCUT2D eigenvalue weighted by molar-refractivity contribution is -0.906. The molecule has 4 N–H and O–H groups in total. The molecule has 0 spiro atoms. The van der Waals surface area contributed by atoms with Gasteiger partial charge in [0.2, 0.25) is 11.5 Å². The summed E-state index contributed by atoms with van der Waals surface area (Å²) in [4.78, 5) is 35.1. The topological polar surface area (TPSA) is 103 Å². The number of nitrogens with zero attached hydrogens (tertiary/aromatic N) is 2. The van der Waals surface area contributed by atoms with E-state index in [1.54, 1.807) is 18.3 Å². The van der Waals surface area contributed by atoms with Crippen LogP contribution in [0.2, 0.25) is 0 Å². The van der Waals surface area contributed by atoms with Crippen molar-refractivity contribution >= 4 is 28.4 Å². The SMILES string of the molecule is CCCNc1nc2[nH+]c3ccccn3c(=O)c2cc1C(=O)NCC[NH+]1CCOCC1. The van der Waals surface area contributed by atoms with Gasteiger partial charge in [-0.3, -0.25) is 4.79 Å². The van der Waals surface area contributed by atoms with E-state index in [-0.39, 0.29) is 11.5 Å².